The lowest BCUT2D eigenvalue weighted by Gasteiger charge is -2.24. The zero-order chi connectivity index (χ0) is 15.6. The minimum atomic E-state index is -0.698. The summed E-state index contributed by atoms with van der Waals surface area (Å²) in [5.41, 5.74) is 4.83. The van der Waals surface area contributed by atoms with Crippen molar-refractivity contribution in [1.82, 2.24) is 15.1 Å². The summed E-state index contributed by atoms with van der Waals surface area (Å²) < 4.78 is 0. The normalized spacial score (nSPS) is 21.8. The summed E-state index contributed by atoms with van der Waals surface area (Å²) in [6, 6.07) is -0.425. The van der Waals surface area contributed by atoms with Gasteiger partial charge < -0.3 is 16.0 Å². The van der Waals surface area contributed by atoms with Crippen molar-refractivity contribution >= 4 is 17.8 Å². The molecule has 2 aliphatic rings. The summed E-state index contributed by atoms with van der Waals surface area (Å²) in [5, 5.41) is 2.81. The van der Waals surface area contributed by atoms with E-state index in [9.17, 15) is 14.4 Å². The van der Waals surface area contributed by atoms with Crippen LogP contribution in [-0.4, -0.2) is 59.4 Å². The Morgan fingerprint density at radius 3 is 2.62 bits per heavy atom. The molecule has 3 N–H and O–H groups in total. The van der Waals surface area contributed by atoms with E-state index in [1.165, 1.54) is 4.90 Å². The van der Waals surface area contributed by atoms with Gasteiger partial charge in [-0.25, -0.2) is 4.79 Å². The second kappa shape index (κ2) is 6.01. The van der Waals surface area contributed by atoms with Crippen molar-refractivity contribution < 1.29 is 14.4 Å². The quantitative estimate of drug-likeness (QED) is 0.701. The van der Waals surface area contributed by atoms with Crippen molar-refractivity contribution in [2.24, 2.45) is 5.73 Å². The number of amides is 4. The SMILES string of the molecule is CC(CN)N(C)C(=O)CCN1C(=O)NC2(CCCC2)C1=O. The van der Waals surface area contributed by atoms with Crippen molar-refractivity contribution in [3.05, 3.63) is 0 Å². The molecule has 1 saturated heterocycles. The topological polar surface area (TPSA) is 95.7 Å². The van der Waals surface area contributed by atoms with Crippen LogP contribution in [0.25, 0.3) is 0 Å². The minimum absolute atomic E-state index is 0.0539. The number of nitrogens with one attached hydrogen (secondary N) is 1. The predicted octanol–water partition coefficient (Wildman–Crippen LogP) is 0.0467. The summed E-state index contributed by atoms with van der Waals surface area (Å²) in [5.74, 6) is -0.284. The second-order valence-electron chi connectivity index (χ2n) is 6.02. The molecule has 2 rings (SSSR count). The molecule has 21 heavy (non-hydrogen) atoms. The van der Waals surface area contributed by atoms with Crippen LogP contribution in [0.3, 0.4) is 0 Å². The minimum Gasteiger partial charge on any atom is -0.342 e. The van der Waals surface area contributed by atoms with Crippen LogP contribution in [0, 0.1) is 0 Å². The number of hydrogen-bond donors (Lipinski definition) is 2. The lowest BCUT2D eigenvalue weighted by molar-refractivity contribution is -0.133. The van der Waals surface area contributed by atoms with E-state index in [1.807, 2.05) is 6.92 Å². The summed E-state index contributed by atoms with van der Waals surface area (Å²) in [7, 11) is 1.68. The van der Waals surface area contributed by atoms with E-state index < -0.39 is 5.54 Å². The molecule has 0 aromatic carbocycles. The number of rotatable bonds is 5. The fourth-order valence-electron chi connectivity index (χ4n) is 2.98. The van der Waals surface area contributed by atoms with E-state index in [2.05, 4.69) is 5.32 Å². The number of urea groups is 1. The van der Waals surface area contributed by atoms with Gasteiger partial charge in [0.05, 0.1) is 0 Å². The molecule has 0 aromatic rings. The molecule has 7 nitrogen and oxygen atoms in total. The molecule has 0 bridgehead atoms. The average molecular weight is 296 g/mol. The van der Waals surface area contributed by atoms with Gasteiger partial charge in [0.15, 0.2) is 0 Å². The third kappa shape index (κ3) is 2.88. The van der Waals surface area contributed by atoms with Crippen molar-refractivity contribution in [2.45, 2.75) is 50.6 Å². The monoisotopic (exact) mass is 296 g/mol. The van der Waals surface area contributed by atoms with E-state index in [1.54, 1.807) is 11.9 Å². The highest BCUT2D eigenvalue weighted by Gasteiger charge is 2.52. The first-order chi connectivity index (χ1) is 9.91. The molecule has 1 spiro atoms. The van der Waals surface area contributed by atoms with Gasteiger partial charge in [0.2, 0.25) is 5.91 Å². The molecule has 1 saturated carbocycles. The maximum Gasteiger partial charge on any atom is 0.325 e. The fraction of sp³-hybridized carbons (Fsp3) is 0.786. The van der Waals surface area contributed by atoms with Gasteiger partial charge in [-0.2, -0.15) is 0 Å². The molecular weight excluding hydrogens is 272 g/mol. The Bertz CT molecular complexity index is 446. The van der Waals surface area contributed by atoms with Crippen LogP contribution < -0.4 is 11.1 Å². The average Bonchev–Trinajstić information content (AvgIpc) is 3.02. The van der Waals surface area contributed by atoms with Gasteiger partial charge in [-0.05, 0) is 19.8 Å². The number of hydrogen-bond acceptors (Lipinski definition) is 4. The number of carbonyl (C=O) groups excluding carboxylic acids is 3. The molecule has 1 aliphatic carbocycles. The molecule has 1 heterocycles. The molecule has 1 aliphatic heterocycles. The van der Waals surface area contributed by atoms with Gasteiger partial charge in [-0.1, -0.05) is 12.8 Å². The van der Waals surface area contributed by atoms with Crippen LogP contribution in [0.5, 0.6) is 0 Å². The van der Waals surface area contributed by atoms with Crippen molar-refractivity contribution in [3.8, 4) is 0 Å². The Labute approximate surface area is 124 Å². The first-order valence-electron chi connectivity index (χ1n) is 7.51. The Kier molecular flexibility index (Phi) is 4.51. The number of likely N-dealkylation sites (N-methyl/N-ethyl adjacent to an activating group) is 1. The van der Waals surface area contributed by atoms with Gasteiger partial charge in [-0.15, -0.1) is 0 Å². The van der Waals surface area contributed by atoms with Gasteiger partial charge in [0.1, 0.15) is 5.54 Å². The smallest absolute Gasteiger partial charge is 0.325 e. The Hall–Kier alpha value is -1.63. The lowest BCUT2D eigenvalue weighted by Crippen LogP contribution is -2.44. The highest BCUT2D eigenvalue weighted by Crippen LogP contribution is 2.35. The Balaban J connectivity index is 1.93. The first-order valence-corrected chi connectivity index (χ1v) is 7.51. The van der Waals surface area contributed by atoms with Crippen LogP contribution >= 0.6 is 0 Å². The Morgan fingerprint density at radius 1 is 1.43 bits per heavy atom. The third-order valence-corrected chi connectivity index (χ3v) is 4.65. The maximum absolute atomic E-state index is 12.4. The van der Waals surface area contributed by atoms with E-state index in [4.69, 9.17) is 5.73 Å². The van der Waals surface area contributed by atoms with Crippen LogP contribution in [0.15, 0.2) is 0 Å². The van der Waals surface area contributed by atoms with Gasteiger partial charge >= 0.3 is 6.03 Å². The summed E-state index contributed by atoms with van der Waals surface area (Å²) in [4.78, 5) is 39.1. The van der Waals surface area contributed by atoms with Gasteiger partial charge in [0.25, 0.3) is 5.91 Å². The van der Waals surface area contributed by atoms with Gasteiger partial charge in [0, 0.05) is 32.6 Å². The zero-order valence-corrected chi connectivity index (χ0v) is 12.7. The molecule has 1 atom stereocenters. The molecular formula is C14H24N4O3. The fourth-order valence-corrected chi connectivity index (χ4v) is 2.98. The van der Waals surface area contributed by atoms with Crippen LogP contribution in [0.4, 0.5) is 4.79 Å². The molecule has 0 aromatic heterocycles. The molecule has 118 valence electrons. The number of nitrogens with zero attached hydrogens (tertiary/aromatic N) is 2. The van der Waals surface area contributed by atoms with Crippen LogP contribution in [-0.2, 0) is 9.59 Å². The summed E-state index contributed by atoms with van der Waals surface area (Å²) >= 11 is 0. The lowest BCUT2D eigenvalue weighted by atomic mass is 9.98. The number of nitrogens with two attached hydrogens (primary N) is 1. The first kappa shape index (κ1) is 15.8. The van der Waals surface area contributed by atoms with E-state index in [0.29, 0.717) is 19.4 Å². The van der Waals surface area contributed by atoms with Gasteiger partial charge in [-0.3, -0.25) is 14.5 Å². The number of carbonyl (C=O) groups is 3. The predicted molar refractivity (Wildman–Crippen MR) is 77.3 cm³/mol. The van der Waals surface area contributed by atoms with E-state index in [-0.39, 0.29) is 36.9 Å². The molecule has 0 radical (unpaired) electrons. The van der Waals surface area contributed by atoms with E-state index >= 15 is 0 Å². The molecule has 1 unspecified atom stereocenters. The largest absolute Gasteiger partial charge is 0.342 e. The van der Waals surface area contributed by atoms with Crippen LogP contribution in [0.1, 0.15) is 39.0 Å². The Morgan fingerprint density at radius 2 is 2.05 bits per heavy atom. The summed E-state index contributed by atoms with van der Waals surface area (Å²) in [6.07, 6.45) is 3.44. The summed E-state index contributed by atoms with van der Waals surface area (Å²) in [6.45, 7) is 2.38. The van der Waals surface area contributed by atoms with E-state index in [0.717, 1.165) is 12.8 Å². The highest BCUT2D eigenvalue weighted by atomic mass is 16.2. The number of imide groups is 1. The highest BCUT2D eigenvalue weighted by molar-refractivity contribution is 6.07. The molecule has 7 heteroatoms. The second-order valence-corrected chi connectivity index (χ2v) is 6.02. The molecule has 2 fully saturated rings. The molecule has 4 amide bonds. The standard InChI is InChI=1S/C14H24N4O3/c1-10(9-15)17(2)11(19)5-8-18-12(20)14(16-13(18)21)6-3-4-7-14/h10H,3-9,15H2,1-2H3,(H,16,21). The van der Waals surface area contributed by atoms with Crippen LogP contribution in [0.2, 0.25) is 0 Å². The van der Waals surface area contributed by atoms with Crippen molar-refractivity contribution in [2.75, 3.05) is 20.1 Å². The van der Waals surface area contributed by atoms with Crippen molar-refractivity contribution in [1.29, 1.82) is 0 Å². The maximum atomic E-state index is 12.4. The third-order valence-electron chi connectivity index (χ3n) is 4.65. The van der Waals surface area contributed by atoms with Crippen molar-refractivity contribution in [3.63, 3.8) is 0 Å². The zero-order valence-electron chi connectivity index (χ0n) is 12.7.